The van der Waals surface area contributed by atoms with E-state index >= 15 is 0 Å². The van der Waals surface area contributed by atoms with Crippen molar-refractivity contribution in [1.29, 1.82) is 0 Å². The van der Waals surface area contributed by atoms with Crippen LogP contribution >= 0.6 is 0 Å². The highest BCUT2D eigenvalue weighted by molar-refractivity contribution is 5.52. The van der Waals surface area contributed by atoms with Gasteiger partial charge in [0.05, 0.1) is 7.11 Å². The highest BCUT2D eigenvalue weighted by Gasteiger charge is 2.19. The molecule has 0 saturated carbocycles. The first-order valence-electron chi connectivity index (χ1n) is 5.28. The van der Waals surface area contributed by atoms with Crippen molar-refractivity contribution in [2.75, 3.05) is 31.6 Å². The molecule has 0 amide bonds. The van der Waals surface area contributed by atoms with E-state index in [9.17, 15) is 0 Å². The Morgan fingerprint density at radius 3 is 3.20 bits per heavy atom. The molecule has 1 aliphatic heterocycles. The van der Waals surface area contributed by atoms with Gasteiger partial charge < -0.3 is 15.0 Å². The largest absolute Gasteiger partial charge is 0.493 e. The average Bonchev–Trinajstić information content (AvgIpc) is 2.29. The zero-order valence-electron chi connectivity index (χ0n) is 9.23. The minimum atomic E-state index is 0.505. The highest BCUT2D eigenvalue weighted by Crippen LogP contribution is 2.25. The fourth-order valence-electron chi connectivity index (χ4n) is 1.90. The molecule has 4 heteroatoms. The normalized spacial score (nSPS) is 21.5. The molecule has 0 bridgehead atoms. The third-order valence-electron chi connectivity index (χ3n) is 2.64. The second kappa shape index (κ2) is 4.49. The maximum absolute atomic E-state index is 5.31. The van der Waals surface area contributed by atoms with Crippen LogP contribution < -0.4 is 15.0 Å². The first-order chi connectivity index (χ1) is 7.31. The van der Waals surface area contributed by atoms with Crippen LogP contribution in [0.4, 0.5) is 5.82 Å². The molecule has 1 saturated heterocycles. The first-order valence-corrected chi connectivity index (χ1v) is 5.28. The summed E-state index contributed by atoms with van der Waals surface area (Å²) in [6, 6.07) is 4.36. The van der Waals surface area contributed by atoms with E-state index in [2.05, 4.69) is 22.1 Å². The summed E-state index contributed by atoms with van der Waals surface area (Å²) < 4.78 is 5.31. The van der Waals surface area contributed by atoms with Gasteiger partial charge in [-0.25, -0.2) is 4.98 Å². The first kappa shape index (κ1) is 10.2. The van der Waals surface area contributed by atoms with E-state index in [1.807, 2.05) is 18.3 Å². The fraction of sp³-hybridized carbons (Fsp3) is 0.545. The number of methoxy groups -OCH3 is 1. The van der Waals surface area contributed by atoms with Crippen LogP contribution in [0.15, 0.2) is 18.3 Å². The van der Waals surface area contributed by atoms with Crippen molar-refractivity contribution in [1.82, 2.24) is 10.3 Å². The molecule has 15 heavy (non-hydrogen) atoms. The summed E-state index contributed by atoms with van der Waals surface area (Å²) in [5.74, 6) is 1.81. The Morgan fingerprint density at radius 2 is 2.47 bits per heavy atom. The number of hydrogen-bond donors (Lipinski definition) is 1. The van der Waals surface area contributed by atoms with E-state index in [0.717, 1.165) is 31.2 Å². The molecule has 1 aromatic rings. The third-order valence-corrected chi connectivity index (χ3v) is 2.64. The minimum absolute atomic E-state index is 0.505. The minimum Gasteiger partial charge on any atom is -0.493 e. The molecular formula is C11H17N3O. The molecule has 4 nitrogen and oxygen atoms in total. The molecule has 1 fully saturated rings. The lowest BCUT2D eigenvalue weighted by atomic mass is 10.2. The number of ether oxygens (including phenoxy) is 1. The lowest BCUT2D eigenvalue weighted by Crippen LogP contribution is -2.49. The molecule has 2 heterocycles. The number of piperazine rings is 1. The van der Waals surface area contributed by atoms with Crippen molar-refractivity contribution >= 4 is 5.82 Å². The van der Waals surface area contributed by atoms with E-state index in [0.29, 0.717) is 6.04 Å². The van der Waals surface area contributed by atoms with Gasteiger partial charge in [-0.05, 0) is 19.1 Å². The standard InChI is InChI=1S/C11H17N3O/c1-9-8-14(7-6-12-9)11-10(15-2)4-3-5-13-11/h3-5,9,12H,6-8H2,1-2H3. The molecule has 1 N–H and O–H groups in total. The van der Waals surface area contributed by atoms with Crippen LogP contribution in [0.25, 0.3) is 0 Å². The molecule has 0 aromatic carbocycles. The SMILES string of the molecule is COc1cccnc1N1CCNC(C)C1. The number of rotatable bonds is 2. The Balaban J connectivity index is 2.20. The molecule has 2 rings (SSSR count). The summed E-state index contributed by atoms with van der Waals surface area (Å²) in [6.07, 6.45) is 1.81. The van der Waals surface area contributed by atoms with Gasteiger partial charge in [0, 0.05) is 31.9 Å². The molecule has 1 aromatic heterocycles. The molecule has 1 atom stereocenters. The smallest absolute Gasteiger partial charge is 0.171 e. The number of anilines is 1. The zero-order chi connectivity index (χ0) is 10.7. The molecule has 1 aliphatic rings. The van der Waals surface area contributed by atoms with Gasteiger partial charge in [0.25, 0.3) is 0 Å². The van der Waals surface area contributed by atoms with E-state index in [1.54, 1.807) is 7.11 Å². The number of hydrogen-bond acceptors (Lipinski definition) is 4. The van der Waals surface area contributed by atoms with Crippen molar-refractivity contribution in [3.63, 3.8) is 0 Å². The van der Waals surface area contributed by atoms with Crippen LogP contribution in [0.3, 0.4) is 0 Å². The van der Waals surface area contributed by atoms with E-state index in [-0.39, 0.29) is 0 Å². The zero-order valence-corrected chi connectivity index (χ0v) is 9.23. The van der Waals surface area contributed by atoms with Gasteiger partial charge in [-0.1, -0.05) is 0 Å². The van der Waals surface area contributed by atoms with Gasteiger partial charge in [-0.15, -0.1) is 0 Å². The molecule has 82 valence electrons. The maximum Gasteiger partial charge on any atom is 0.171 e. The van der Waals surface area contributed by atoms with Crippen molar-refractivity contribution < 1.29 is 4.74 Å². The summed E-state index contributed by atoms with van der Waals surface area (Å²) >= 11 is 0. The monoisotopic (exact) mass is 207 g/mol. The fourth-order valence-corrected chi connectivity index (χ4v) is 1.90. The van der Waals surface area contributed by atoms with Crippen LogP contribution in [0.2, 0.25) is 0 Å². The Morgan fingerprint density at radius 1 is 1.60 bits per heavy atom. The lowest BCUT2D eigenvalue weighted by Gasteiger charge is -2.33. The predicted octanol–water partition coefficient (Wildman–Crippen LogP) is 0.888. The van der Waals surface area contributed by atoms with Gasteiger partial charge in [-0.2, -0.15) is 0 Å². The van der Waals surface area contributed by atoms with Gasteiger partial charge in [0.1, 0.15) is 0 Å². The summed E-state index contributed by atoms with van der Waals surface area (Å²) in [5.41, 5.74) is 0. The van der Waals surface area contributed by atoms with Crippen LogP contribution in [-0.4, -0.2) is 37.8 Å². The number of pyridine rings is 1. The Bertz CT molecular complexity index is 329. The second-order valence-corrected chi connectivity index (χ2v) is 3.83. The average molecular weight is 207 g/mol. The summed E-state index contributed by atoms with van der Waals surface area (Å²) in [4.78, 5) is 6.64. The molecular weight excluding hydrogens is 190 g/mol. The van der Waals surface area contributed by atoms with E-state index in [1.165, 1.54) is 0 Å². The quantitative estimate of drug-likeness (QED) is 0.781. The topological polar surface area (TPSA) is 37.4 Å². The third kappa shape index (κ3) is 2.21. The van der Waals surface area contributed by atoms with Crippen LogP contribution in [0, 0.1) is 0 Å². The second-order valence-electron chi connectivity index (χ2n) is 3.83. The van der Waals surface area contributed by atoms with Crippen LogP contribution in [0.5, 0.6) is 5.75 Å². The van der Waals surface area contributed by atoms with E-state index in [4.69, 9.17) is 4.74 Å². The van der Waals surface area contributed by atoms with E-state index < -0.39 is 0 Å². The Hall–Kier alpha value is -1.29. The van der Waals surface area contributed by atoms with Crippen LogP contribution in [-0.2, 0) is 0 Å². The van der Waals surface area contributed by atoms with Gasteiger partial charge in [0.2, 0.25) is 0 Å². The predicted molar refractivity (Wildman–Crippen MR) is 60.5 cm³/mol. The van der Waals surface area contributed by atoms with Crippen molar-refractivity contribution in [2.45, 2.75) is 13.0 Å². The number of aromatic nitrogens is 1. The van der Waals surface area contributed by atoms with Gasteiger partial charge >= 0.3 is 0 Å². The number of nitrogens with zero attached hydrogens (tertiary/aromatic N) is 2. The van der Waals surface area contributed by atoms with Crippen molar-refractivity contribution in [2.24, 2.45) is 0 Å². The highest BCUT2D eigenvalue weighted by atomic mass is 16.5. The maximum atomic E-state index is 5.31. The van der Waals surface area contributed by atoms with Gasteiger partial charge in [-0.3, -0.25) is 0 Å². The summed E-state index contributed by atoms with van der Waals surface area (Å²) in [5, 5.41) is 3.41. The Labute approximate surface area is 90.3 Å². The number of nitrogens with one attached hydrogen (secondary N) is 1. The van der Waals surface area contributed by atoms with Crippen LogP contribution in [0.1, 0.15) is 6.92 Å². The summed E-state index contributed by atoms with van der Waals surface area (Å²) in [6.45, 7) is 5.15. The lowest BCUT2D eigenvalue weighted by molar-refractivity contribution is 0.407. The van der Waals surface area contributed by atoms with Crippen molar-refractivity contribution in [3.05, 3.63) is 18.3 Å². The molecule has 0 radical (unpaired) electrons. The molecule has 1 unspecified atom stereocenters. The van der Waals surface area contributed by atoms with Crippen molar-refractivity contribution in [3.8, 4) is 5.75 Å². The molecule has 0 spiro atoms. The van der Waals surface area contributed by atoms with Gasteiger partial charge in [0.15, 0.2) is 11.6 Å². The molecule has 0 aliphatic carbocycles. The Kier molecular flexibility index (Phi) is 3.06. The summed E-state index contributed by atoms with van der Waals surface area (Å²) in [7, 11) is 1.69.